The zero-order chi connectivity index (χ0) is 17.0. The second kappa shape index (κ2) is 7.10. The van der Waals surface area contributed by atoms with Crippen LogP contribution in [0.1, 0.15) is 31.7 Å². The second-order valence-corrected chi connectivity index (χ2v) is 5.30. The van der Waals surface area contributed by atoms with Gasteiger partial charge in [0.05, 0.1) is 12.2 Å². The van der Waals surface area contributed by atoms with E-state index in [9.17, 15) is 22.4 Å². The van der Waals surface area contributed by atoms with Crippen molar-refractivity contribution in [2.24, 2.45) is 5.92 Å². The predicted octanol–water partition coefficient (Wildman–Crippen LogP) is 2.96. The van der Waals surface area contributed by atoms with E-state index in [1.165, 1.54) is 4.90 Å². The first-order valence-electron chi connectivity index (χ1n) is 7.26. The van der Waals surface area contributed by atoms with Crippen LogP contribution in [0.25, 0.3) is 0 Å². The molecule has 9 heteroatoms. The molecule has 0 amide bonds. The number of carbonyl (C=O) groups excluding carboxylic acids is 1. The molecule has 128 valence electrons. The Kier molecular flexibility index (Phi) is 5.38. The fourth-order valence-corrected chi connectivity index (χ4v) is 2.46. The first kappa shape index (κ1) is 17.4. The van der Waals surface area contributed by atoms with Crippen molar-refractivity contribution in [2.75, 3.05) is 18.1 Å². The van der Waals surface area contributed by atoms with Crippen LogP contribution < -0.4 is 4.90 Å². The van der Waals surface area contributed by atoms with Gasteiger partial charge in [-0.2, -0.15) is 13.2 Å². The Morgan fingerprint density at radius 2 is 2.04 bits per heavy atom. The lowest BCUT2D eigenvalue weighted by molar-refractivity contribution is -0.144. The number of halogens is 4. The van der Waals surface area contributed by atoms with E-state index < -0.39 is 18.0 Å². The molecule has 0 radical (unpaired) electrons. The Morgan fingerprint density at radius 3 is 2.57 bits per heavy atom. The maximum absolute atomic E-state index is 14.2. The third-order valence-electron chi connectivity index (χ3n) is 3.63. The highest BCUT2D eigenvalue weighted by molar-refractivity contribution is 5.69. The minimum atomic E-state index is -4.53. The molecule has 5 nitrogen and oxygen atoms in total. The molecule has 0 N–H and O–H groups in total. The zero-order valence-electron chi connectivity index (χ0n) is 12.5. The molecular weight excluding hydrogens is 318 g/mol. The number of carbonyl (C=O) groups is 1. The Bertz CT molecular complexity index is 536. The number of aromatic nitrogens is 2. The maximum atomic E-state index is 14.2. The Balaban J connectivity index is 1.97. The highest BCUT2D eigenvalue weighted by atomic mass is 19.4. The van der Waals surface area contributed by atoms with Crippen molar-refractivity contribution >= 4 is 11.9 Å². The normalized spacial score (nSPS) is 22.0. The fourth-order valence-electron chi connectivity index (χ4n) is 2.46. The summed E-state index contributed by atoms with van der Waals surface area (Å²) in [6.07, 6.45) is -3.96. The quantitative estimate of drug-likeness (QED) is 0.481. The lowest BCUT2D eigenvalue weighted by Crippen LogP contribution is -2.41. The van der Waals surface area contributed by atoms with Gasteiger partial charge in [0.25, 0.3) is 0 Å². The van der Waals surface area contributed by atoms with Gasteiger partial charge in [-0.1, -0.05) is 0 Å². The monoisotopic (exact) mass is 335 g/mol. The van der Waals surface area contributed by atoms with Gasteiger partial charge < -0.3 is 9.64 Å². The van der Waals surface area contributed by atoms with E-state index in [0.29, 0.717) is 18.8 Å². The lowest BCUT2D eigenvalue weighted by Gasteiger charge is -2.34. The standard InChI is InChI=1S/C14H17F4N3O2/c1-2-23-12(22)6-9-3-4-21(11(15)5-9)13-19-7-10(8-20-13)14(16,17)18/h7-9,11H,2-6H2,1H3. The minimum Gasteiger partial charge on any atom is -0.466 e. The molecule has 1 fully saturated rings. The van der Waals surface area contributed by atoms with Crippen LogP contribution in [0, 0.1) is 5.92 Å². The van der Waals surface area contributed by atoms with Crippen molar-refractivity contribution in [1.82, 2.24) is 9.97 Å². The highest BCUT2D eigenvalue weighted by Gasteiger charge is 2.34. The van der Waals surface area contributed by atoms with Gasteiger partial charge in [0.2, 0.25) is 5.95 Å². The van der Waals surface area contributed by atoms with Gasteiger partial charge in [0.15, 0.2) is 6.30 Å². The van der Waals surface area contributed by atoms with Crippen molar-refractivity contribution in [3.63, 3.8) is 0 Å². The van der Waals surface area contributed by atoms with Gasteiger partial charge >= 0.3 is 12.1 Å². The maximum Gasteiger partial charge on any atom is 0.419 e. The van der Waals surface area contributed by atoms with E-state index in [0.717, 1.165) is 0 Å². The molecule has 1 aromatic heterocycles. The van der Waals surface area contributed by atoms with Gasteiger partial charge in [0.1, 0.15) is 0 Å². The van der Waals surface area contributed by atoms with E-state index in [1.54, 1.807) is 6.92 Å². The summed E-state index contributed by atoms with van der Waals surface area (Å²) in [5.41, 5.74) is -0.978. The minimum absolute atomic E-state index is 0.0833. The van der Waals surface area contributed by atoms with Crippen LogP contribution >= 0.6 is 0 Å². The number of rotatable bonds is 4. The van der Waals surface area contributed by atoms with E-state index >= 15 is 0 Å². The third-order valence-corrected chi connectivity index (χ3v) is 3.63. The molecule has 2 rings (SSSR count). The number of ether oxygens (including phenoxy) is 1. The lowest BCUT2D eigenvalue weighted by atomic mass is 9.93. The number of hydrogen-bond donors (Lipinski definition) is 0. The number of nitrogens with zero attached hydrogens (tertiary/aromatic N) is 3. The molecule has 0 saturated carbocycles. The van der Waals surface area contributed by atoms with E-state index in [2.05, 4.69) is 9.97 Å². The molecule has 2 atom stereocenters. The molecule has 0 bridgehead atoms. The molecule has 1 aliphatic heterocycles. The molecule has 0 spiro atoms. The van der Waals surface area contributed by atoms with Crippen molar-refractivity contribution in [3.05, 3.63) is 18.0 Å². The SMILES string of the molecule is CCOC(=O)CC1CCN(c2ncc(C(F)(F)F)cn2)C(F)C1. The summed E-state index contributed by atoms with van der Waals surface area (Å²) >= 11 is 0. The summed E-state index contributed by atoms with van der Waals surface area (Å²) in [5.74, 6) is -0.612. The van der Waals surface area contributed by atoms with Gasteiger partial charge in [0, 0.05) is 31.8 Å². The first-order chi connectivity index (χ1) is 10.8. The topological polar surface area (TPSA) is 55.3 Å². The molecule has 2 unspecified atom stereocenters. The average Bonchev–Trinajstić information content (AvgIpc) is 2.47. The average molecular weight is 335 g/mol. The van der Waals surface area contributed by atoms with Crippen LogP contribution in [0.2, 0.25) is 0 Å². The van der Waals surface area contributed by atoms with Crippen molar-refractivity contribution in [1.29, 1.82) is 0 Å². The summed E-state index contributed by atoms with van der Waals surface area (Å²) in [7, 11) is 0. The summed E-state index contributed by atoms with van der Waals surface area (Å²) in [5, 5.41) is 0. The molecule has 23 heavy (non-hydrogen) atoms. The molecule has 1 saturated heterocycles. The van der Waals surface area contributed by atoms with E-state index in [1.807, 2.05) is 0 Å². The van der Waals surface area contributed by atoms with Crippen molar-refractivity contribution in [2.45, 2.75) is 38.7 Å². The van der Waals surface area contributed by atoms with E-state index in [-0.39, 0.29) is 43.8 Å². The molecule has 1 aliphatic rings. The van der Waals surface area contributed by atoms with Gasteiger partial charge in [-0.3, -0.25) is 4.79 Å². The van der Waals surface area contributed by atoms with Gasteiger partial charge in [-0.15, -0.1) is 0 Å². The molecule has 1 aromatic rings. The number of piperidine rings is 1. The Morgan fingerprint density at radius 1 is 1.39 bits per heavy atom. The predicted molar refractivity (Wildman–Crippen MR) is 73.3 cm³/mol. The number of anilines is 1. The molecule has 2 heterocycles. The largest absolute Gasteiger partial charge is 0.466 e. The number of alkyl halides is 4. The van der Waals surface area contributed by atoms with Crippen LogP contribution in [0.4, 0.5) is 23.5 Å². The summed E-state index contributed by atoms with van der Waals surface area (Å²) in [6.45, 7) is 2.20. The third kappa shape index (κ3) is 4.52. The van der Waals surface area contributed by atoms with Gasteiger partial charge in [-0.25, -0.2) is 14.4 Å². The first-order valence-corrected chi connectivity index (χ1v) is 7.26. The smallest absolute Gasteiger partial charge is 0.419 e. The van der Waals surface area contributed by atoms with Gasteiger partial charge in [-0.05, 0) is 19.3 Å². The fraction of sp³-hybridized carbons (Fsp3) is 0.643. The highest BCUT2D eigenvalue weighted by Crippen LogP contribution is 2.31. The summed E-state index contributed by atoms with van der Waals surface area (Å²) in [4.78, 5) is 19.8. The summed E-state index contributed by atoms with van der Waals surface area (Å²) < 4.78 is 56.4. The molecule has 0 aromatic carbocycles. The summed E-state index contributed by atoms with van der Waals surface area (Å²) in [6, 6.07) is 0. The zero-order valence-corrected chi connectivity index (χ0v) is 12.5. The van der Waals surface area contributed by atoms with Crippen LogP contribution in [-0.2, 0) is 15.7 Å². The van der Waals surface area contributed by atoms with Crippen LogP contribution in [0.3, 0.4) is 0 Å². The molecule has 0 aliphatic carbocycles. The molecular formula is C14H17F4N3O2. The van der Waals surface area contributed by atoms with Crippen molar-refractivity contribution < 1.29 is 27.1 Å². The van der Waals surface area contributed by atoms with E-state index in [4.69, 9.17) is 4.74 Å². The second-order valence-electron chi connectivity index (χ2n) is 5.30. The Hall–Kier alpha value is -1.93. The van der Waals surface area contributed by atoms with Crippen molar-refractivity contribution in [3.8, 4) is 0 Å². The van der Waals surface area contributed by atoms with Crippen LogP contribution in [0.5, 0.6) is 0 Å². The van der Waals surface area contributed by atoms with Crippen LogP contribution in [-0.4, -0.2) is 35.4 Å². The Labute approximate surface area is 130 Å². The number of hydrogen-bond acceptors (Lipinski definition) is 5. The van der Waals surface area contributed by atoms with Crippen LogP contribution in [0.15, 0.2) is 12.4 Å². The number of esters is 1.